The predicted molar refractivity (Wildman–Crippen MR) is 79.6 cm³/mol. The van der Waals surface area contributed by atoms with Gasteiger partial charge in [0.05, 0.1) is 19.8 Å². The van der Waals surface area contributed by atoms with Gasteiger partial charge in [0.1, 0.15) is 5.92 Å². The third-order valence-corrected chi connectivity index (χ3v) is 3.67. The number of ether oxygens (including phenoxy) is 2. The Hall–Kier alpha value is -2.10. The van der Waals surface area contributed by atoms with Crippen LogP contribution in [0.25, 0.3) is 5.57 Å². The van der Waals surface area contributed by atoms with E-state index in [9.17, 15) is 9.59 Å². The Balaban J connectivity index is 2.65. The van der Waals surface area contributed by atoms with Crippen LogP contribution in [0.15, 0.2) is 29.8 Å². The molecule has 0 aromatic heterocycles. The summed E-state index contributed by atoms with van der Waals surface area (Å²) in [5.41, 5.74) is 3.07. The lowest BCUT2D eigenvalue weighted by atomic mass is 9.94. The van der Waals surface area contributed by atoms with Gasteiger partial charge < -0.3 is 9.47 Å². The Bertz CT molecular complexity index is 599. The molecule has 1 unspecified atom stereocenters. The average molecular weight is 288 g/mol. The van der Waals surface area contributed by atoms with Gasteiger partial charge in [0.15, 0.2) is 0 Å². The van der Waals surface area contributed by atoms with Crippen molar-refractivity contribution in [1.82, 2.24) is 0 Å². The molecule has 0 bridgehead atoms. The van der Waals surface area contributed by atoms with Crippen LogP contribution in [0.2, 0.25) is 0 Å². The number of rotatable bonds is 4. The number of methoxy groups -OCH3 is 2. The minimum absolute atomic E-state index is 0.365. The molecule has 1 atom stereocenters. The van der Waals surface area contributed by atoms with E-state index in [0.717, 1.165) is 23.1 Å². The molecule has 0 aliphatic heterocycles. The van der Waals surface area contributed by atoms with Crippen LogP contribution in [0, 0.1) is 5.92 Å². The predicted octanol–water partition coefficient (Wildman–Crippen LogP) is 2.93. The molecule has 1 aliphatic carbocycles. The van der Waals surface area contributed by atoms with E-state index >= 15 is 0 Å². The van der Waals surface area contributed by atoms with Crippen LogP contribution < -0.4 is 0 Å². The Kier molecular flexibility index (Phi) is 4.46. The molecule has 0 fully saturated rings. The molecular formula is C17H20O4. The fourth-order valence-corrected chi connectivity index (χ4v) is 2.84. The minimum atomic E-state index is -0.688. The second kappa shape index (κ2) is 6.12. The Morgan fingerprint density at radius 2 is 1.81 bits per heavy atom. The summed E-state index contributed by atoms with van der Waals surface area (Å²) in [5.74, 6) is -1.21. The fourth-order valence-electron chi connectivity index (χ4n) is 2.84. The summed E-state index contributed by atoms with van der Waals surface area (Å²) in [7, 11) is 2.67. The van der Waals surface area contributed by atoms with Crippen molar-refractivity contribution in [2.45, 2.75) is 26.2 Å². The minimum Gasteiger partial charge on any atom is -0.468 e. The van der Waals surface area contributed by atoms with Crippen LogP contribution in [0.3, 0.4) is 0 Å². The van der Waals surface area contributed by atoms with Gasteiger partial charge in [-0.15, -0.1) is 0 Å². The van der Waals surface area contributed by atoms with Crippen molar-refractivity contribution in [3.8, 4) is 0 Å². The first kappa shape index (κ1) is 15.3. The third-order valence-electron chi connectivity index (χ3n) is 3.67. The summed E-state index contributed by atoms with van der Waals surface area (Å²) in [6.45, 7) is 4.16. The highest BCUT2D eigenvalue weighted by atomic mass is 16.5. The van der Waals surface area contributed by atoms with Crippen LogP contribution in [0.1, 0.15) is 37.3 Å². The van der Waals surface area contributed by atoms with E-state index in [1.807, 2.05) is 24.3 Å². The average Bonchev–Trinajstić information content (AvgIpc) is 2.80. The first-order valence-electron chi connectivity index (χ1n) is 6.99. The van der Waals surface area contributed by atoms with E-state index in [1.54, 1.807) is 0 Å². The highest BCUT2D eigenvalue weighted by Crippen LogP contribution is 2.45. The van der Waals surface area contributed by atoms with E-state index in [-0.39, 0.29) is 0 Å². The highest BCUT2D eigenvalue weighted by molar-refractivity contribution is 6.09. The SMILES string of the molecule is COC(=O)C1=C(CC(C)C)c2ccccc2C1C(=O)OC. The number of carbonyl (C=O) groups excluding carboxylic acids is 2. The van der Waals surface area contributed by atoms with Gasteiger partial charge in [-0.05, 0) is 29.0 Å². The van der Waals surface area contributed by atoms with E-state index in [0.29, 0.717) is 11.5 Å². The lowest BCUT2D eigenvalue weighted by Crippen LogP contribution is -2.20. The van der Waals surface area contributed by atoms with Crippen molar-refractivity contribution in [2.24, 2.45) is 5.92 Å². The first-order chi connectivity index (χ1) is 10.0. The Morgan fingerprint density at radius 1 is 1.14 bits per heavy atom. The van der Waals surface area contributed by atoms with Gasteiger partial charge >= 0.3 is 11.9 Å². The maximum absolute atomic E-state index is 12.2. The normalized spacial score (nSPS) is 16.9. The summed E-state index contributed by atoms with van der Waals surface area (Å²) in [6, 6.07) is 7.59. The van der Waals surface area contributed by atoms with E-state index in [4.69, 9.17) is 9.47 Å². The monoisotopic (exact) mass is 288 g/mol. The molecule has 0 N–H and O–H groups in total. The second-order valence-corrected chi connectivity index (χ2v) is 5.53. The molecule has 21 heavy (non-hydrogen) atoms. The lowest BCUT2D eigenvalue weighted by Gasteiger charge is -2.13. The molecule has 1 aromatic carbocycles. The van der Waals surface area contributed by atoms with Gasteiger partial charge in [-0.2, -0.15) is 0 Å². The molecule has 0 amide bonds. The quantitative estimate of drug-likeness (QED) is 0.799. The van der Waals surface area contributed by atoms with Crippen LogP contribution in [-0.2, 0) is 19.1 Å². The van der Waals surface area contributed by atoms with E-state index < -0.39 is 17.9 Å². The van der Waals surface area contributed by atoms with Gasteiger partial charge in [-0.25, -0.2) is 4.79 Å². The van der Waals surface area contributed by atoms with Crippen molar-refractivity contribution in [3.63, 3.8) is 0 Å². The summed E-state index contributed by atoms with van der Waals surface area (Å²) < 4.78 is 9.79. The van der Waals surface area contributed by atoms with Crippen molar-refractivity contribution < 1.29 is 19.1 Å². The van der Waals surface area contributed by atoms with E-state index in [1.165, 1.54) is 14.2 Å². The molecule has 0 radical (unpaired) electrons. The number of carbonyl (C=O) groups is 2. The molecule has 4 nitrogen and oxygen atoms in total. The molecule has 1 aromatic rings. The topological polar surface area (TPSA) is 52.6 Å². The standard InChI is InChI=1S/C17H20O4/c1-10(2)9-13-11-7-5-6-8-12(11)14(16(18)20-3)15(13)17(19)21-4/h5-8,10,14H,9H2,1-4H3. The van der Waals surface area contributed by atoms with Crippen molar-refractivity contribution in [3.05, 3.63) is 41.0 Å². The zero-order chi connectivity index (χ0) is 15.6. The maximum Gasteiger partial charge on any atom is 0.335 e. The Labute approximate surface area is 124 Å². The lowest BCUT2D eigenvalue weighted by molar-refractivity contribution is -0.144. The maximum atomic E-state index is 12.2. The largest absolute Gasteiger partial charge is 0.468 e. The number of fused-ring (bicyclic) bond motifs is 1. The molecule has 0 heterocycles. The number of allylic oxidation sites excluding steroid dienone is 1. The molecule has 1 aliphatic rings. The summed E-state index contributed by atoms with van der Waals surface area (Å²) in [6.07, 6.45) is 0.717. The molecule has 4 heteroatoms. The first-order valence-corrected chi connectivity index (χ1v) is 6.99. The van der Waals surface area contributed by atoms with Crippen LogP contribution in [0.5, 0.6) is 0 Å². The highest BCUT2D eigenvalue weighted by Gasteiger charge is 2.40. The van der Waals surface area contributed by atoms with E-state index in [2.05, 4.69) is 13.8 Å². The Morgan fingerprint density at radius 3 is 2.38 bits per heavy atom. The summed E-state index contributed by atoms with van der Waals surface area (Å²) >= 11 is 0. The molecule has 0 saturated carbocycles. The zero-order valence-electron chi connectivity index (χ0n) is 12.8. The number of esters is 2. The molecule has 0 spiro atoms. The zero-order valence-corrected chi connectivity index (χ0v) is 12.8. The second-order valence-electron chi connectivity index (χ2n) is 5.53. The van der Waals surface area contributed by atoms with Gasteiger partial charge in [-0.1, -0.05) is 38.1 Å². The number of benzene rings is 1. The van der Waals surface area contributed by atoms with Gasteiger partial charge in [0, 0.05) is 0 Å². The third kappa shape index (κ3) is 2.71. The van der Waals surface area contributed by atoms with Gasteiger partial charge in [-0.3, -0.25) is 4.79 Å². The summed E-state index contributed by atoms with van der Waals surface area (Å²) in [5, 5.41) is 0. The van der Waals surface area contributed by atoms with Gasteiger partial charge in [0.2, 0.25) is 0 Å². The van der Waals surface area contributed by atoms with Crippen molar-refractivity contribution in [1.29, 1.82) is 0 Å². The number of hydrogen-bond donors (Lipinski definition) is 0. The van der Waals surface area contributed by atoms with Crippen LogP contribution in [-0.4, -0.2) is 26.2 Å². The van der Waals surface area contributed by atoms with Crippen LogP contribution in [0.4, 0.5) is 0 Å². The van der Waals surface area contributed by atoms with Crippen molar-refractivity contribution in [2.75, 3.05) is 14.2 Å². The smallest absolute Gasteiger partial charge is 0.335 e. The van der Waals surface area contributed by atoms with Crippen molar-refractivity contribution >= 4 is 17.5 Å². The molecule has 112 valence electrons. The molecule has 0 saturated heterocycles. The molecular weight excluding hydrogens is 268 g/mol. The van der Waals surface area contributed by atoms with Crippen LogP contribution >= 0.6 is 0 Å². The fraction of sp³-hybridized carbons (Fsp3) is 0.412. The van der Waals surface area contributed by atoms with Gasteiger partial charge in [0.25, 0.3) is 0 Å². The molecule has 2 rings (SSSR count). The summed E-state index contributed by atoms with van der Waals surface area (Å²) in [4.78, 5) is 24.4. The number of hydrogen-bond acceptors (Lipinski definition) is 4.